The average Bonchev–Trinajstić information content (AvgIpc) is 2.94. The topological polar surface area (TPSA) is 58.0 Å². The molecular weight excluding hydrogens is 260 g/mol. The van der Waals surface area contributed by atoms with Crippen molar-refractivity contribution in [2.24, 2.45) is 0 Å². The Morgan fingerprint density at radius 2 is 2.16 bits per heavy atom. The fraction of sp³-hybridized carbons (Fsp3) is 0.214. The second-order valence-corrected chi connectivity index (χ2v) is 5.25. The average molecular weight is 274 g/mol. The largest absolute Gasteiger partial charge is 0.461 e. The molecule has 5 heteroatoms. The van der Waals surface area contributed by atoms with E-state index in [1.54, 1.807) is 0 Å². The first-order valence-electron chi connectivity index (χ1n) is 6.08. The zero-order chi connectivity index (χ0) is 13.2. The highest BCUT2D eigenvalue weighted by Gasteiger charge is 2.09. The predicted molar refractivity (Wildman–Crippen MR) is 76.4 cm³/mol. The number of fused-ring (bicyclic) bond motifs is 1. The van der Waals surface area contributed by atoms with Crippen LogP contribution in [-0.4, -0.2) is 4.98 Å². The van der Waals surface area contributed by atoms with E-state index in [1.165, 1.54) is 16.9 Å². The van der Waals surface area contributed by atoms with Crippen molar-refractivity contribution in [3.8, 4) is 0 Å². The molecule has 4 nitrogen and oxygen atoms in total. The molecule has 3 rings (SSSR count). The molecule has 0 aliphatic carbocycles. The molecule has 0 aliphatic heterocycles. The summed E-state index contributed by atoms with van der Waals surface area (Å²) in [6.07, 6.45) is 0. The first-order chi connectivity index (χ1) is 9.24. The Morgan fingerprint density at radius 1 is 1.32 bits per heavy atom. The van der Waals surface area contributed by atoms with Gasteiger partial charge in [0.2, 0.25) is 0 Å². The number of nitrogens with one attached hydrogen (secondary N) is 2. The number of hydrogen-bond donors (Lipinski definition) is 2. The van der Waals surface area contributed by atoms with E-state index in [4.69, 9.17) is 4.42 Å². The van der Waals surface area contributed by atoms with Crippen LogP contribution >= 0.6 is 11.3 Å². The van der Waals surface area contributed by atoms with Crippen molar-refractivity contribution < 1.29 is 4.42 Å². The number of aryl methyl sites for hydroxylation is 1. The molecule has 2 N–H and O–H groups in total. The van der Waals surface area contributed by atoms with Crippen LogP contribution in [0.2, 0.25) is 0 Å². The SMILES string of the molecule is Cc1oc2ccccc2c1CNCc1csc(=O)[nH]1. The Labute approximate surface area is 114 Å². The molecule has 19 heavy (non-hydrogen) atoms. The number of aromatic nitrogens is 1. The lowest BCUT2D eigenvalue weighted by molar-refractivity contribution is 0.564. The van der Waals surface area contributed by atoms with Crippen LogP contribution in [0.25, 0.3) is 11.0 Å². The molecule has 0 bridgehead atoms. The van der Waals surface area contributed by atoms with Gasteiger partial charge in [-0.1, -0.05) is 29.5 Å². The summed E-state index contributed by atoms with van der Waals surface area (Å²) >= 11 is 1.19. The van der Waals surface area contributed by atoms with Gasteiger partial charge in [-0.05, 0) is 13.0 Å². The minimum atomic E-state index is -0.0123. The van der Waals surface area contributed by atoms with Crippen molar-refractivity contribution in [3.05, 3.63) is 56.3 Å². The van der Waals surface area contributed by atoms with Crippen molar-refractivity contribution >= 4 is 22.3 Å². The number of hydrogen-bond acceptors (Lipinski definition) is 4. The highest BCUT2D eigenvalue weighted by atomic mass is 32.1. The Morgan fingerprint density at radius 3 is 2.95 bits per heavy atom. The summed E-state index contributed by atoms with van der Waals surface area (Å²) in [7, 11) is 0. The number of rotatable bonds is 4. The minimum absolute atomic E-state index is 0.0123. The first-order valence-corrected chi connectivity index (χ1v) is 6.96. The zero-order valence-electron chi connectivity index (χ0n) is 10.5. The summed E-state index contributed by atoms with van der Waals surface area (Å²) in [6.45, 7) is 3.35. The van der Waals surface area contributed by atoms with E-state index in [-0.39, 0.29) is 4.87 Å². The van der Waals surface area contributed by atoms with Crippen LogP contribution in [0.1, 0.15) is 17.0 Å². The molecule has 0 saturated heterocycles. The summed E-state index contributed by atoms with van der Waals surface area (Å²) in [5.74, 6) is 0.938. The van der Waals surface area contributed by atoms with Gasteiger partial charge in [0.25, 0.3) is 0 Å². The van der Waals surface area contributed by atoms with E-state index in [2.05, 4.69) is 16.4 Å². The van der Waals surface area contributed by atoms with Gasteiger partial charge in [0, 0.05) is 35.1 Å². The first kappa shape index (κ1) is 12.2. The number of thiazole rings is 1. The van der Waals surface area contributed by atoms with Gasteiger partial charge in [-0.2, -0.15) is 0 Å². The van der Waals surface area contributed by atoms with Gasteiger partial charge in [-0.25, -0.2) is 0 Å². The molecule has 0 fully saturated rings. The van der Waals surface area contributed by atoms with E-state index in [9.17, 15) is 4.79 Å². The predicted octanol–water partition coefficient (Wildman–Crippen LogP) is 2.78. The van der Waals surface area contributed by atoms with Crippen LogP contribution in [0.4, 0.5) is 0 Å². The number of aromatic amines is 1. The Kier molecular flexibility index (Phi) is 3.23. The molecule has 0 amide bonds. The van der Waals surface area contributed by atoms with E-state index in [0.29, 0.717) is 6.54 Å². The van der Waals surface area contributed by atoms with Gasteiger partial charge < -0.3 is 14.7 Å². The van der Waals surface area contributed by atoms with Crippen LogP contribution in [0.3, 0.4) is 0 Å². The van der Waals surface area contributed by atoms with Gasteiger partial charge in [0.15, 0.2) is 0 Å². The number of furan rings is 1. The zero-order valence-corrected chi connectivity index (χ0v) is 11.3. The lowest BCUT2D eigenvalue weighted by Crippen LogP contribution is -2.14. The van der Waals surface area contributed by atoms with Crippen molar-refractivity contribution in [1.82, 2.24) is 10.3 Å². The molecule has 2 heterocycles. The fourth-order valence-corrected chi connectivity index (χ4v) is 2.75. The smallest absolute Gasteiger partial charge is 0.304 e. The number of benzene rings is 1. The highest BCUT2D eigenvalue weighted by Crippen LogP contribution is 2.24. The second kappa shape index (κ2) is 5.03. The molecule has 3 aromatic rings. The molecule has 98 valence electrons. The summed E-state index contributed by atoms with van der Waals surface area (Å²) < 4.78 is 5.71. The summed E-state index contributed by atoms with van der Waals surface area (Å²) in [4.78, 5) is 13.8. The summed E-state index contributed by atoms with van der Waals surface area (Å²) in [5, 5.41) is 6.31. The quantitative estimate of drug-likeness (QED) is 0.769. The summed E-state index contributed by atoms with van der Waals surface area (Å²) in [5.41, 5.74) is 3.01. The van der Waals surface area contributed by atoms with Crippen molar-refractivity contribution in [2.75, 3.05) is 0 Å². The van der Waals surface area contributed by atoms with E-state index < -0.39 is 0 Å². The minimum Gasteiger partial charge on any atom is -0.461 e. The maximum atomic E-state index is 11.0. The number of para-hydroxylation sites is 1. The Hall–Kier alpha value is -1.85. The van der Waals surface area contributed by atoms with Crippen molar-refractivity contribution in [3.63, 3.8) is 0 Å². The third kappa shape index (κ3) is 2.47. The molecule has 1 aromatic carbocycles. The van der Waals surface area contributed by atoms with Crippen molar-refractivity contribution in [2.45, 2.75) is 20.0 Å². The van der Waals surface area contributed by atoms with Gasteiger partial charge in [-0.15, -0.1) is 0 Å². The van der Waals surface area contributed by atoms with Gasteiger partial charge in [-0.3, -0.25) is 4.79 Å². The van der Waals surface area contributed by atoms with E-state index in [1.807, 2.05) is 30.5 Å². The molecule has 0 saturated carbocycles. The molecule has 0 spiro atoms. The second-order valence-electron chi connectivity index (χ2n) is 4.41. The molecule has 2 aromatic heterocycles. The molecule has 0 aliphatic rings. The van der Waals surface area contributed by atoms with Gasteiger partial charge in [0.05, 0.1) is 0 Å². The maximum absolute atomic E-state index is 11.0. The molecular formula is C14H14N2O2S. The lowest BCUT2D eigenvalue weighted by Gasteiger charge is -2.02. The fourth-order valence-electron chi connectivity index (χ4n) is 2.16. The highest BCUT2D eigenvalue weighted by molar-refractivity contribution is 7.07. The van der Waals surface area contributed by atoms with Crippen LogP contribution in [0, 0.1) is 6.92 Å². The molecule has 0 radical (unpaired) electrons. The third-order valence-electron chi connectivity index (χ3n) is 3.09. The Bertz CT molecular complexity index is 754. The standard InChI is InChI=1S/C14H14N2O2S/c1-9-12(11-4-2-3-5-13(11)18-9)7-15-6-10-8-19-14(17)16-10/h2-5,8,15H,6-7H2,1H3,(H,16,17). The van der Waals surface area contributed by atoms with E-state index >= 15 is 0 Å². The number of H-pyrrole nitrogens is 1. The van der Waals surface area contributed by atoms with Crippen molar-refractivity contribution in [1.29, 1.82) is 0 Å². The monoisotopic (exact) mass is 274 g/mol. The Balaban J connectivity index is 1.75. The normalized spacial score (nSPS) is 11.2. The van der Waals surface area contributed by atoms with Crippen LogP contribution < -0.4 is 10.2 Å². The van der Waals surface area contributed by atoms with Crippen LogP contribution in [0.15, 0.2) is 38.9 Å². The van der Waals surface area contributed by atoms with Gasteiger partial charge >= 0.3 is 4.87 Å². The lowest BCUT2D eigenvalue weighted by atomic mass is 10.1. The van der Waals surface area contributed by atoms with E-state index in [0.717, 1.165) is 29.0 Å². The maximum Gasteiger partial charge on any atom is 0.304 e. The summed E-state index contributed by atoms with van der Waals surface area (Å²) in [6, 6.07) is 8.02. The molecule has 0 unspecified atom stereocenters. The van der Waals surface area contributed by atoms with Gasteiger partial charge in [0.1, 0.15) is 11.3 Å². The molecule has 0 atom stereocenters. The third-order valence-corrected chi connectivity index (χ3v) is 3.81. The van der Waals surface area contributed by atoms with Crippen LogP contribution in [0.5, 0.6) is 0 Å². The van der Waals surface area contributed by atoms with Crippen LogP contribution in [-0.2, 0) is 13.1 Å².